The summed E-state index contributed by atoms with van der Waals surface area (Å²) in [4.78, 5) is 0. The predicted octanol–water partition coefficient (Wildman–Crippen LogP) is 5.76. The Balaban J connectivity index is 2.04. The molecule has 25 heavy (non-hydrogen) atoms. The van der Waals surface area contributed by atoms with Gasteiger partial charge in [-0.1, -0.05) is 38.1 Å². The minimum atomic E-state index is -0.350. The van der Waals surface area contributed by atoms with E-state index in [-0.39, 0.29) is 12.1 Å². The third-order valence-corrected chi connectivity index (χ3v) is 4.51. The third kappa shape index (κ3) is 5.64. The molecule has 0 amide bonds. The molecule has 0 atom stereocenters. The fourth-order valence-corrected chi connectivity index (χ4v) is 2.70. The van der Waals surface area contributed by atoms with Gasteiger partial charge in [0.1, 0.15) is 11.5 Å². The molecule has 0 spiro atoms. The van der Waals surface area contributed by atoms with Gasteiger partial charge in [0.2, 0.25) is 0 Å². The highest BCUT2D eigenvalue weighted by atomic mass is 35.5. The summed E-state index contributed by atoms with van der Waals surface area (Å²) in [5, 5.41) is 0. The molecule has 0 saturated heterocycles. The maximum absolute atomic E-state index is 12.1. The Kier molecular flexibility index (Phi) is 7.57. The summed E-state index contributed by atoms with van der Waals surface area (Å²) in [5.74, 6) is 2.25. The molecule has 0 aliphatic rings. The Bertz CT molecular complexity index is 568. The van der Waals surface area contributed by atoms with Gasteiger partial charge in [0, 0.05) is 17.7 Å². The highest BCUT2D eigenvalue weighted by Gasteiger charge is 2.23. The van der Waals surface area contributed by atoms with Gasteiger partial charge in [-0.15, -0.1) is 11.6 Å². The van der Waals surface area contributed by atoms with Crippen molar-refractivity contribution in [2.45, 2.75) is 32.1 Å². The number of hydrogen-bond donors (Lipinski definition) is 0. The summed E-state index contributed by atoms with van der Waals surface area (Å²) in [6.07, 6.45) is 1.26. The largest absolute Gasteiger partial charge is 0.494 e. The first-order valence-electron chi connectivity index (χ1n) is 8.66. The van der Waals surface area contributed by atoms with E-state index in [9.17, 15) is 4.39 Å². The summed E-state index contributed by atoms with van der Waals surface area (Å²) in [7, 11) is 0. The first-order chi connectivity index (χ1) is 12.1. The van der Waals surface area contributed by atoms with Crippen molar-refractivity contribution in [3.05, 3.63) is 59.7 Å². The van der Waals surface area contributed by atoms with Crippen molar-refractivity contribution >= 4 is 11.6 Å². The first-order valence-corrected chi connectivity index (χ1v) is 9.20. The molecule has 0 aliphatic heterocycles. The maximum atomic E-state index is 12.1. The van der Waals surface area contributed by atoms with Gasteiger partial charge in [0.15, 0.2) is 0 Å². The van der Waals surface area contributed by atoms with Crippen molar-refractivity contribution in [2.24, 2.45) is 0 Å². The number of hydrogen-bond acceptors (Lipinski definition) is 2. The Morgan fingerprint density at radius 3 is 1.64 bits per heavy atom. The van der Waals surface area contributed by atoms with Crippen LogP contribution >= 0.6 is 11.6 Å². The molecular formula is C21H26ClFO2. The summed E-state index contributed by atoms with van der Waals surface area (Å²) in [5.41, 5.74) is 2.27. The molecule has 0 N–H and O–H groups in total. The van der Waals surface area contributed by atoms with Crippen molar-refractivity contribution in [1.29, 1.82) is 0 Å². The van der Waals surface area contributed by atoms with Gasteiger partial charge in [-0.3, -0.25) is 4.39 Å². The zero-order chi connectivity index (χ0) is 18.1. The van der Waals surface area contributed by atoms with Crippen LogP contribution in [-0.2, 0) is 5.41 Å². The van der Waals surface area contributed by atoms with Crippen molar-refractivity contribution in [2.75, 3.05) is 25.8 Å². The lowest BCUT2D eigenvalue weighted by atomic mass is 9.78. The normalized spacial score (nSPS) is 11.4. The highest BCUT2D eigenvalue weighted by Crippen LogP contribution is 2.33. The van der Waals surface area contributed by atoms with Crippen LogP contribution in [-0.4, -0.2) is 25.8 Å². The molecule has 0 unspecified atom stereocenters. The SMILES string of the molecule is CC(C)(c1ccc(OCCCF)cc1)c1ccc(OCCCCl)cc1. The minimum Gasteiger partial charge on any atom is -0.494 e. The van der Waals surface area contributed by atoms with Gasteiger partial charge >= 0.3 is 0 Å². The molecule has 0 heterocycles. The molecule has 2 nitrogen and oxygen atoms in total. The molecule has 0 aromatic heterocycles. The van der Waals surface area contributed by atoms with E-state index in [4.69, 9.17) is 21.1 Å². The molecule has 4 heteroatoms. The smallest absolute Gasteiger partial charge is 0.119 e. The van der Waals surface area contributed by atoms with Crippen LogP contribution in [0, 0.1) is 0 Å². The standard InChI is InChI=1S/C21H26ClFO2/c1-21(2,17-5-9-19(10-6-17)24-15-3-13-22)18-7-11-20(12-8-18)25-16-4-14-23/h5-12H,3-4,13-16H2,1-2H3. The Labute approximate surface area is 154 Å². The van der Waals surface area contributed by atoms with Crippen LogP contribution in [0.15, 0.2) is 48.5 Å². The fraction of sp³-hybridized carbons (Fsp3) is 0.429. The van der Waals surface area contributed by atoms with E-state index >= 15 is 0 Å². The number of halogens is 2. The molecule has 0 radical (unpaired) electrons. The second-order valence-corrected chi connectivity index (χ2v) is 6.83. The van der Waals surface area contributed by atoms with Crippen molar-refractivity contribution in [1.82, 2.24) is 0 Å². The van der Waals surface area contributed by atoms with Crippen LogP contribution in [0.5, 0.6) is 11.5 Å². The minimum absolute atomic E-state index is 0.133. The van der Waals surface area contributed by atoms with Gasteiger partial charge < -0.3 is 9.47 Å². The van der Waals surface area contributed by atoms with Crippen LogP contribution in [0.4, 0.5) is 4.39 Å². The molecule has 2 aromatic carbocycles. The summed E-state index contributed by atoms with van der Waals surface area (Å²) in [6.45, 7) is 5.07. The number of ether oxygens (including phenoxy) is 2. The molecule has 2 aromatic rings. The number of alkyl halides is 2. The second-order valence-electron chi connectivity index (χ2n) is 6.46. The van der Waals surface area contributed by atoms with Crippen molar-refractivity contribution < 1.29 is 13.9 Å². The lowest BCUT2D eigenvalue weighted by molar-refractivity contribution is 0.289. The zero-order valence-electron chi connectivity index (χ0n) is 14.9. The molecule has 0 aliphatic carbocycles. The van der Waals surface area contributed by atoms with E-state index in [1.807, 2.05) is 24.3 Å². The van der Waals surface area contributed by atoms with Crippen LogP contribution in [0.1, 0.15) is 37.8 Å². The first kappa shape index (κ1) is 19.6. The average molecular weight is 365 g/mol. The van der Waals surface area contributed by atoms with E-state index in [0.717, 1.165) is 17.9 Å². The summed E-state index contributed by atoms with van der Waals surface area (Å²) < 4.78 is 23.3. The quantitative estimate of drug-likeness (QED) is 0.394. The van der Waals surface area contributed by atoms with E-state index in [0.29, 0.717) is 25.5 Å². The van der Waals surface area contributed by atoms with E-state index in [1.165, 1.54) is 11.1 Å². The van der Waals surface area contributed by atoms with Crippen LogP contribution in [0.3, 0.4) is 0 Å². The molecule has 0 fully saturated rings. The molecule has 0 saturated carbocycles. The molecule has 136 valence electrons. The highest BCUT2D eigenvalue weighted by molar-refractivity contribution is 6.17. The maximum Gasteiger partial charge on any atom is 0.119 e. The lowest BCUT2D eigenvalue weighted by Gasteiger charge is -2.26. The topological polar surface area (TPSA) is 18.5 Å². The fourth-order valence-electron chi connectivity index (χ4n) is 2.59. The van der Waals surface area contributed by atoms with Crippen LogP contribution < -0.4 is 9.47 Å². The molecular weight excluding hydrogens is 339 g/mol. The van der Waals surface area contributed by atoms with Crippen LogP contribution in [0.25, 0.3) is 0 Å². The van der Waals surface area contributed by atoms with Crippen LogP contribution in [0.2, 0.25) is 0 Å². The van der Waals surface area contributed by atoms with Crippen molar-refractivity contribution in [3.63, 3.8) is 0 Å². The Morgan fingerprint density at radius 1 is 0.800 bits per heavy atom. The van der Waals surface area contributed by atoms with Crippen molar-refractivity contribution in [3.8, 4) is 11.5 Å². The Morgan fingerprint density at radius 2 is 1.24 bits per heavy atom. The monoisotopic (exact) mass is 364 g/mol. The average Bonchev–Trinajstić information content (AvgIpc) is 2.63. The number of rotatable bonds is 10. The van der Waals surface area contributed by atoms with Gasteiger partial charge in [0.05, 0.1) is 19.9 Å². The lowest BCUT2D eigenvalue weighted by Crippen LogP contribution is -2.18. The van der Waals surface area contributed by atoms with E-state index in [1.54, 1.807) is 0 Å². The van der Waals surface area contributed by atoms with E-state index < -0.39 is 0 Å². The number of benzene rings is 2. The second kappa shape index (κ2) is 9.67. The van der Waals surface area contributed by atoms with Gasteiger partial charge in [-0.25, -0.2) is 0 Å². The third-order valence-electron chi connectivity index (χ3n) is 4.25. The van der Waals surface area contributed by atoms with Gasteiger partial charge in [0.25, 0.3) is 0 Å². The summed E-state index contributed by atoms with van der Waals surface area (Å²) >= 11 is 5.66. The van der Waals surface area contributed by atoms with Gasteiger partial charge in [-0.05, 0) is 41.8 Å². The zero-order valence-corrected chi connectivity index (χ0v) is 15.7. The van der Waals surface area contributed by atoms with E-state index in [2.05, 4.69) is 38.1 Å². The summed E-state index contributed by atoms with van der Waals surface area (Å²) in [6, 6.07) is 16.2. The molecule has 0 bridgehead atoms. The predicted molar refractivity (Wildman–Crippen MR) is 102 cm³/mol. The van der Waals surface area contributed by atoms with Gasteiger partial charge in [-0.2, -0.15) is 0 Å². The Hall–Kier alpha value is -1.74. The molecule has 2 rings (SSSR count).